The number of piperidine rings is 1. The normalized spacial score (nSPS) is 26.5. The molecule has 1 N–H and O–H groups in total. The Labute approximate surface area is 210 Å². The summed E-state index contributed by atoms with van der Waals surface area (Å²) >= 11 is 3.26. The van der Waals surface area contributed by atoms with Gasteiger partial charge in [0.1, 0.15) is 6.10 Å². The number of hydrogen-bond donors (Lipinski definition) is 1. The number of amides is 1. The molecule has 178 valence electrons. The van der Waals surface area contributed by atoms with Crippen LogP contribution in [0, 0.1) is 0 Å². The Balaban J connectivity index is 0.00000289. The van der Waals surface area contributed by atoms with E-state index in [0.717, 1.165) is 41.4 Å². The number of nitrogens with zero attached hydrogens (tertiary/aromatic N) is 2. The van der Waals surface area contributed by atoms with Crippen LogP contribution in [-0.4, -0.2) is 54.1 Å². The molecule has 2 aliphatic rings. The lowest BCUT2D eigenvalue weighted by Gasteiger charge is -2.47. The molecular formula is C24H35BrN2O3S2. The first-order valence-corrected chi connectivity index (χ1v) is 13.5. The molecule has 2 aromatic heterocycles. The van der Waals surface area contributed by atoms with Crippen LogP contribution in [0.15, 0.2) is 33.7 Å². The third-order valence-corrected chi connectivity index (χ3v) is 8.75. The first-order chi connectivity index (χ1) is 15.1. The van der Waals surface area contributed by atoms with E-state index in [1.807, 2.05) is 22.2 Å². The summed E-state index contributed by atoms with van der Waals surface area (Å²) in [7, 11) is 2.42. The monoisotopic (exact) mass is 542 g/mol. The fourth-order valence-corrected chi connectivity index (χ4v) is 6.82. The van der Waals surface area contributed by atoms with Crippen LogP contribution in [0.4, 0.5) is 10.5 Å². The number of aliphatic hydroxyl groups is 1. The fraction of sp³-hybridized carbons (Fsp3) is 0.625. The molecule has 0 aliphatic carbocycles. The molecule has 1 unspecified atom stereocenters. The van der Waals surface area contributed by atoms with E-state index in [1.54, 1.807) is 27.6 Å². The van der Waals surface area contributed by atoms with Crippen molar-refractivity contribution < 1.29 is 36.1 Å². The predicted molar refractivity (Wildman–Crippen MR) is 128 cm³/mol. The maximum atomic E-state index is 13.2. The number of quaternary nitrogens is 1. The minimum Gasteiger partial charge on any atom is -1.00 e. The average Bonchev–Trinajstić information content (AvgIpc) is 3.48. The van der Waals surface area contributed by atoms with Gasteiger partial charge in [-0.25, -0.2) is 4.79 Å². The number of fused-ring (bicyclic) bond motifs is 2. The molecule has 1 amide bonds. The fourth-order valence-electron chi connectivity index (χ4n) is 5.52. The topological polar surface area (TPSA) is 49.8 Å². The zero-order valence-corrected chi connectivity index (χ0v) is 22.0. The summed E-state index contributed by atoms with van der Waals surface area (Å²) in [6.45, 7) is 2.07. The number of anilines is 1. The van der Waals surface area contributed by atoms with Gasteiger partial charge >= 0.3 is 6.09 Å². The summed E-state index contributed by atoms with van der Waals surface area (Å²) in [5.41, 5.74) is 2.06. The number of unbranched alkanes of at least 4 members (excludes halogenated alkanes) is 3. The second-order valence-corrected chi connectivity index (χ2v) is 10.8. The lowest BCUT2D eigenvalue weighted by Crippen LogP contribution is -3.00. The highest BCUT2D eigenvalue weighted by Crippen LogP contribution is 2.42. The summed E-state index contributed by atoms with van der Waals surface area (Å²) in [6.07, 6.45) is 8.71. The minimum atomic E-state index is -0.214. The van der Waals surface area contributed by atoms with Crippen molar-refractivity contribution in [2.75, 3.05) is 25.1 Å². The number of thiophene rings is 2. The molecule has 2 saturated heterocycles. The Kier molecular flexibility index (Phi) is 9.61. The van der Waals surface area contributed by atoms with E-state index in [2.05, 4.69) is 18.5 Å². The maximum absolute atomic E-state index is 13.2. The van der Waals surface area contributed by atoms with Gasteiger partial charge in [-0.3, -0.25) is 4.90 Å². The molecule has 0 aromatic carbocycles. The number of carbonyl (C=O) groups is 1. The second-order valence-electron chi connectivity index (χ2n) is 9.27. The van der Waals surface area contributed by atoms with Crippen LogP contribution < -0.4 is 21.9 Å². The van der Waals surface area contributed by atoms with Crippen molar-refractivity contribution in [3.63, 3.8) is 0 Å². The van der Waals surface area contributed by atoms with E-state index in [9.17, 15) is 4.79 Å². The van der Waals surface area contributed by atoms with Gasteiger partial charge < -0.3 is 31.3 Å². The van der Waals surface area contributed by atoms with E-state index in [4.69, 9.17) is 9.84 Å². The smallest absolute Gasteiger partial charge is 0.414 e. The highest BCUT2D eigenvalue weighted by atomic mass is 79.9. The lowest BCUT2D eigenvalue weighted by molar-refractivity contribution is -0.949. The molecule has 0 saturated carbocycles. The van der Waals surface area contributed by atoms with Crippen molar-refractivity contribution >= 4 is 34.5 Å². The van der Waals surface area contributed by atoms with Crippen LogP contribution in [0.1, 0.15) is 56.9 Å². The van der Waals surface area contributed by atoms with Crippen LogP contribution in [0.3, 0.4) is 0 Å². The number of aliphatic hydroxyl groups excluding tert-OH is 1. The molecule has 5 nitrogen and oxygen atoms in total. The van der Waals surface area contributed by atoms with Crippen LogP contribution in [0.5, 0.6) is 0 Å². The Morgan fingerprint density at radius 3 is 2.41 bits per heavy atom. The quantitative estimate of drug-likeness (QED) is 0.371. The van der Waals surface area contributed by atoms with Gasteiger partial charge in [-0.15, -0.1) is 0 Å². The Hall–Kier alpha value is -0.930. The molecular weight excluding hydrogens is 508 g/mol. The molecule has 2 aliphatic heterocycles. The molecule has 4 rings (SSSR count). The average molecular weight is 544 g/mol. The van der Waals surface area contributed by atoms with Crippen molar-refractivity contribution in [3.05, 3.63) is 39.2 Å². The molecule has 0 radical (unpaired) electrons. The SMILES string of the molecule is C[N+]1(CCCCCCO)[C@@H]2CC[C@H]1C[C@@H](OC(=O)N(Cc1ccsc1)c1ccsc1)C2.[Br-]. The largest absolute Gasteiger partial charge is 1.00 e. The third kappa shape index (κ3) is 5.95. The summed E-state index contributed by atoms with van der Waals surface area (Å²) in [5, 5.41) is 17.2. The van der Waals surface area contributed by atoms with Crippen molar-refractivity contribution in [1.82, 2.24) is 0 Å². The minimum absolute atomic E-state index is 0. The standard InChI is InChI=1S/C24H35N2O3S2.BrH/c1-26(10-4-2-3-5-11-27)21-6-7-22(26)15-23(14-21)29-24(28)25(20-9-13-31-18-20)16-19-8-12-30-17-19;/h8-9,12-13,17-18,21-23,27H,2-7,10-11,14-16H2,1H3;1H/q+1;/p-1/t21-,22+,23+,26?;. The zero-order chi connectivity index (χ0) is 21.7. The number of carbonyl (C=O) groups excluding carboxylic acids is 1. The predicted octanol–water partition coefficient (Wildman–Crippen LogP) is 2.65. The number of hydrogen-bond acceptors (Lipinski definition) is 5. The van der Waals surface area contributed by atoms with Crippen molar-refractivity contribution in [1.29, 1.82) is 0 Å². The van der Waals surface area contributed by atoms with E-state index >= 15 is 0 Å². The molecule has 2 fully saturated rings. The van der Waals surface area contributed by atoms with Gasteiger partial charge in [0.25, 0.3) is 0 Å². The van der Waals surface area contributed by atoms with Gasteiger partial charge in [0, 0.05) is 37.7 Å². The van der Waals surface area contributed by atoms with Gasteiger partial charge in [-0.2, -0.15) is 22.7 Å². The van der Waals surface area contributed by atoms with Crippen molar-refractivity contribution in [2.45, 2.75) is 76.1 Å². The van der Waals surface area contributed by atoms with Crippen LogP contribution >= 0.6 is 22.7 Å². The zero-order valence-electron chi connectivity index (χ0n) is 18.8. The Morgan fingerprint density at radius 1 is 1.09 bits per heavy atom. The highest BCUT2D eigenvalue weighted by Gasteiger charge is 2.52. The van der Waals surface area contributed by atoms with Gasteiger partial charge in [0.15, 0.2) is 0 Å². The van der Waals surface area contributed by atoms with Crippen molar-refractivity contribution in [2.24, 2.45) is 0 Å². The molecule has 4 heterocycles. The second kappa shape index (κ2) is 12.0. The van der Waals surface area contributed by atoms with E-state index in [-0.39, 0.29) is 29.2 Å². The van der Waals surface area contributed by atoms with Gasteiger partial charge in [-0.05, 0) is 53.1 Å². The highest BCUT2D eigenvalue weighted by molar-refractivity contribution is 7.08. The van der Waals surface area contributed by atoms with E-state index < -0.39 is 0 Å². The first-order valence-electron chi connectivity index (χ1n) is 11.6. The Bertz CT molecular complexity index is 801. The number of ether oxygens (including phenoxy) is 1. The molecule has 32 heavy (non-hydrogen) atoms. The molecule has 0 spiro atoms. The first kappa shape index (κ1) is 25.7. The molecule has 8 heteroatoms. The summed E-state index contributed by atoms with van der Waals surface area (Å²) < 4.78 is 7.26. The summed E-state index contributed by atoms with van der Waals surface area (Å²) in [5.74, 6) is 0. The van der Waals surface area contributed by atoms with Crippen LogP contribution in [0.2, 0.25) is 0 Å². The van der Waals surface area contributed by atoms with Gasteiger partial charge in [-0.1, -0.05) is 6.42 Å². The van der Waals surface area contributed by atoms with Crippen molar-refractivity contribution in [3.8, 4) is 0 Å². The van der Waals surface area contributed by atoms with Gasteiger partial charge in [0.2, 0.25) is 0 Å². The lowest BCUT2D eigenvalue weighted by atomic mass is 9.96. The molecule has 2 bridgehead atoms. The van der Waals surface area contributed by atoms with Crippen LogP contribution in [-0.2, 0) is 11.3 Å². The molecule has 2 aromatic rings. The maximum Gasteiger partial charge on any atom is 0.414 e. The number of rotatable bonds is 10. The molecule has 4 atom stereocenters. The summed E-state index contributed by atoms with van der Waals surface area (Å²) in [4.78, 5) is 15.0. The van der Waals surface area contributed by atoms with Gasteiger partial charge in [0.05, 0.1) is 37.9 Å². The number of halogens is 1. The summed E-state index contributed by atoms with van der Waals surface area (Å²) in [6, 6.07) is 5.26. The van der Waals surface area contributed by atoms with Crippen LogP contribution in [0.25, 0.3) is 0 Å². The van der Waals surface area contributed by atoms with E-state index in [0.29, 0.717) is 25.2 Å². The Morgan fingerprint density at radius 2 is 1.78 bits per heavy atom. The van der Waals surface area contributed by atoms with E-state index in [1.165, 1.54) is 32.2 Å². The third-order valence-electron chi connectivity index (χ3n) is 7.35.